The van der Waals surface area contributed by atoms with Gasteiger partial charge in [-0.05, 0) is 48.6 Å². The van der Waals surface area contributed by atoms with Crippen LogP contribution in [0.4, 0.5) is 13.6 Å². The van der Waals surface area contributed by atoms with Gasteiger partial charge in [-0.15, -0.1) is 0 Å². The second-order valence-electron chi connectivity index (χ2n) is 6.95. The van der Waals surface area contributed by atoms with Crippen LogP contribution < -0.4 is 15.4 Å². The molecule has 0 aliphatic heterocycles. The number of alkyl halides is 2. The van der Waals surface area contributed by atoms with Gasteiger partial charge in [0.05, 0.1) is 0 Å². The van der Waals surface area contributed by atoms with Crippen molar-refractivity contribution in [2.24, 2.45) is 11.3 Å². The third kappa shape index (κ3) is 4.18. The lowest BCUT2D eigenvalue weighted by Gasteiger charge is -2.26. The molecular weight excluding hydrogens is 332 g/mol. The van der Waals surface area contributed by atoms with E-state index in [0.29, 0.717) is 11.5 Å². The molecule has 2 amide bonds. The van der Waals surface area contributed by atoms with Gasteiger partial charge >= 0.3 is 12.6 Å². The second-order valence-corrected chi connectivity index (χ2v) is 6.95. The van der Waals surface area contributed by atoms with E-state index >= 15 is 0 Å². The van der Waals surface area contributed by atoms with Crippen LogP contribution in [0.25, 0.3) is 0 Å². The van der Waals surface area contributed by atoms with Crippen molar-refractivity contribution < 1.29 is 23.4 Å². The summed E-state index contributed by atoms with van der Waals surface area (Å²) in [6, 6.07) is 2.76. The van der Waals surface area contributed by atoms with Crippen LogP contribution in [0.2, 0.25) is 0 Å². The molecule has 6 nitrogen and oxygen atoms in total. The Morgan fingerprint density at radius 1 is 1.52 bits per heavy atom. The number of halogens is 2. The van der Waals surface area contributed by atoms with E-state index in [0.717, 1.165) is 32.1 Å². The molecule has 138 valence electrons. The standard InChI is InChI=1S/C17H23F2N3O3/c18-15(19)25-14-6-11(3-5-20-14)9-21-16(24)22-13-7-12-2-1-4-17(12,8-13)10-23/h3,5-6,12-13,15,23H,1-2,4,7-10H2,(H2,21,22,24)/t12?,13-,17-/m0/s1. The zero-order chi connectivity index (χ0) is 17.9. The van der Waals surface area contributed by atoms with Crippen molar-refractivity contribution in [2.45, 2.75) is 51.3 Å². The number of aromatic nitrogens is 1. The molecule has 2 aliphatic rings. The number of hydrogen-bond acceptors (Lipinski definition) is 4. The highest BCUT2D eigenvalue weighted by Gasteiger charge is 2.49. The quantitative estimate of drug-likeness (QED) is 0.732. The van der Waals surface area contributed by atoms with Crippen molar-refractivity contribution in [1.29, 1.82) is 0 Å². The van der Waals surface area contributed by atoms with Crippen LogP contribution in [-0.4, -0.2) is 35.4 Å². The molecule has 8 heteroatoms. The van der Waals surface area contributed by atoms with Gasteiger partial charge < -0.3 is 20.5 Å². The average molecular weight is 355 g/mol. The van der Waals surface area contributed by atoms with E-state index in [9.17, 15) is 18.7 Å². The maximum Gasteiger partial charge on any atom is 0.388 e. The number of nitrogens with one attached hydrogen (secondary N) is 2. The van der Waals surface area contributed by atoms with Gasteiger partial charge in [0.15, 0.2) is 0 Å². The molecule has 3 rings (SSSR count). The number of urea groups is 1. The molecule has 1 heterocycles. The number of nitrogens with zero attached hydrogens (tertiary/aromatic N) is 1. The van der Waals surface area contributed by atoms with E-state index < -0.39 is 6.61 Å². The Bertz CT molecular complexity index is 617. The number of amides is 2. The first-order valence-electron chi connectivity index (χ1n) is 8.56. The molecule has 2 aliphatic carbocycles. The molecule has 2 fully saturated rings. The van der Waals surface area contributed by atoms with Gasteiger partial charge in [0.25, 0.3) is 0 Å². The predicted octanol–water partition coefficient (Wildman–Crippen LogP) is 2.42. The lowest BCUT2D eigenvalue weighted by Crippen LogP contribution is -2.41. The monoisotopic (exact) mass is 355 g/mol. The summed E-state index contributed by atoms with van der Waals surface area (Å²) in [4.78, 5) is 15.8. The Morgan fingerprint density at radius 2 is 2.36 bits per heavy atom. The number of aliphatic hydroxyl groups excluding tert-OH is 1. The minimum Gasteiger partial charge on any atom is -0.417 e. The zero-order valence-corrected chi connectivity index (χ0v) is 13.9. The highest BCUT2D eigenvalue weighted by molar-refractivity contribution is 5.74. The summed E-state index contributed by atoms with van der Waals surface area (Å²) < 4.78 is 28.6. The average Bonchev–Trinajstić information content (AvgIpc) is 3.09. The minimum absolute atomic E-state index is 0.0233. The van der Waals surface area contributed by atoms with Crippen molar-refractivity contribution >= 4 is 6.03 Å². The van der Waals surface area contributed by atoms with E-state index in [1.807, 2.05) is 0 Å². The van der Waals surface area contributed by atoms with Crippen LogP contribution in [0.15, 0.2) is 18.3 Å². The molecule has 1 aromatic heterocycles. The number of pyridine rings is 1. The maximum atomic E-state index is 12.2. The van der Waals surface area contributed by atoms with Crippen LogP contribution in [-0.2, 0) is 6.54 Å². The van der Waals surface area contributed by atoms with E-state index in [-0.39, 0.29) is 36.5 Å². The van der Waals surface area contributed by atoms with Gasteiger partial charge in [0, 0.05) is 31.5 Å². The third-order valence-corrected chi connectivity index (χ3v) is 5.43. The smallest absolute Gasteiger partial charge is 0.388 e. The predicted molar refractivity (Wildman–Crippen MR) is 86.1 cm³/mol. The number of fused-ring (bicyclic) bond motifs is 1. The van der Waals surface area contributed by atoms with Crippen LogP contribution in [0.1, 0.15) is 37.7 Å². The topological polar surface area (TPSA) is 83.5 Å². The Morgan fingerprint density at radius 3 is 3.08 bits per heavy atom. The highest BCUT2D eigenvalue weighted by Crippen LogP contribution is 2.53. The Kier molecular flexibility index (Phi) is 5.36. The molecule has 3 N–H and O–H groups in total. The summed E-state index contributed by atoms with van der Waals surface area (Å²) in [6.45, 7) is -2.56. The molecular formula is C17H23F2N3O3. The molecule has 3 atom stereocenters. The van der Waals surface area contributed by atoms with Crippen LogP contribution in [0.5, 0.6) is 5.88 Å². The van der Waals surface area contributed by atoms with Crippen molar-refractivity contribution in [1.82, 2.24) is 15.6 Å². The number of hydrogen-bond donors (Lipinski definition) is 3. The fourth-order valence-electron chi connectivity index (χ4n) is 4.28. The molecule has 0 bridgehead atoms. The van der Waals surface area contributed by atoms with E-state index in [1.165, 1.54) is 12.3 Å². The maximum absolute atomic E-state index is 12.2. The highest BCUT2D eigenvalue weighted by atomic mass is 19.3. The van der Waals surface area contributed by atoms with Gasteiger partial charge in [0.1, 0.15) is 0 Å². The van der Waals surface area contributed by atoms with E-state index in [2.05, 4.69) is 20.4 Å². The number of ether oxygens (including phenoxy) is 1. The molecule has 0 aromatic carbocycles. The number of rotatable bonds is 6. The first kappa shape index (κ1) is 17.8. The van der Waals surface area contributed by atoms with Crippen LogP contribution in [0, 0.1) is 11.3 Å². The van der Waals surface area contributed by atoms with Gasteiger partial charge in [-0.1, -0.05) is 6.42 Å². The number of aliphatic hydroxyl groups is 1. The normalized spacial score (nSPS) is 28.0. The van der Waals surface area contributed by atoms with Gasteiger partial charge in [-0.25, -0.2) is 9.78 Å². The third-order valence-electron chi connectivity index (χ3n) is 5.43. The molecule has 0 spiro atoms. The largest absolute Gasteiger partial charge is 0.417 e. The molecule has 0 saturated heterocycles. The minimum atomic E-state index is -2.93. The van der Waals surface area contributed by atoms with Crippen molar-refractivity contribution in [3.63, 3.8) is 0 Å². The fourth-order valence-corrected chi connectivity index (χ4v) is 4.28. The van der Waals surface area contributed by atoms with E-state index in [4.69, 9.17) is 0 Å². The van der Waals surface area contributed by atoms with Crippen molar-refractivity contribution in [3.05, 3.63) is 23.9 Å². The van der Waals surface area contributed by atoms with Crippen LogP contribution in [0.3, 0.4) is 0 Å². The zero-order valence-electron chi connectivity index (χ0n) is 13.9. The SMILES string of the molecule is O=C(NCc1ccnc(OC(F)F)c1)N[C@H]1CC2CCC[C@@]2(CO)C1. The molecule has 0 radical (unpaired) electrons. The van der Waals surface area contributed by atoms with Crippen molar-refractivity contribution in [3.8, 4) is 5.88 Å². The van der Waals surface area contributed by atoms with Crippen LogP contribution >= 0.6 is 0 Å². The fraction of sp³-hybridized carbons (Fsp3) is 0.647. The summed E-state index contributed by atoms with van der Waals surface area (Å²) in [5, 5.41) is 15.4. The van der Waals surface area contributed by atoms with Crippen molar-refractivity contribution in [2.75, 3.05) is 6.61 Å². The number of carbonyl (C=O) groups excluding carboxylic acids is 1. The summed E-state index contributed by atoms with van der Waals surface area (Å²) in [6.07, 6.45) is 6.35. The summed E-state index contributed by atoms with van der Waals surface area (Å²) >= 11 is 0. The molecule has 1 unspecified atom stereocenters. The lowest BCUT2D eigenvalue weighted by atomic mass is 9.81. The van der Waals surface area contributed by atoms with E-state index in [1.54, 1.807) is 6.07 Å². The van der Waals surface area contributed by atoms with Gasteiger partial charge in [-0.3, -0.25) is 0 Å². The summed E-state index contributed by atoms with van der Waals surface area (Å²) in [5.74, 6) is 0.306. The molecule has 1 aromatic rings. The Hall–Kier alpha value is -1.96. The summed E-state index contributed by atoms with van der Waals surface area (Å²) in [5.41, 5.74) is 0.598. The molecule has 25 heavy (non-hydrogen) atoms. The first-order chi connectivity index (χ1) is 12.0. The first-order valence-corrected chi connectivity index (χ1v) is 8.56. The summed E-state index contributed by atoms with van der Waals surface area (Å²) in [7, 11) is 0. The molecule has 2 saturated carbocycles. The lowest BCUT2D eigenvalue weighted by molar-refractivity contribution is -0.0529. The number of carbonyl (C=O) groups is 1. The van der Waals surface area contributed by atoms with Gasteiger partial charge in [0.2, 0.25) is 5.88 Å². The Labute approximate surface area is 145 Å². The second kappa shape index (κ2) is 7.51. The van der Waals surface area contributed by atoms with Gasteiger partial charge in [-0.2, -0.15) is 8.78 Å². The Balaban J connectivity index is 1.47.